The van der Waals surface area contributed by atoms with E-state index in [0.717, 1.165) is 0 Å². The van der Waals surface area contributed by atoms with Crippen molar-refractivity contribution >= 4 is 51.8 Å². The Morgan fingerprint density at radius 2 is 1.88 bits per heavy atom. The van der Waals surface area contributed by atoms with Crippen molar-refractivity contribution in [3.05, 3.63) is 74.1 Å². The van der Waals surface area contributed by atoms with E-state index in [1.54, 1.807) is 36.4 Å². The van der Waals surface area contributed by atoms with Gasteiger partial charge < -0.3 is 15.7 Å². The summed E-state index contributed by atoms with van der Waals surface area (Å²) in [5.74, 6) is -1.70. The summed E-state index contributed by atoms with van der Waals surface area (Å²) in [6, 6.07) is 12.0. The van der Waals surface area contributed by atoms with Crippen molar-refractivity contribution in [2.75, 3.05) is 11.9 Å². The van der Waals surface area contributed by atoms with Crippen LogP contribution in [0, 0.1) is 0 Å². The van der Waals surface area contributed by atoms with E-state index in [1.165, 1.54) is 22.7 Å². The summed E-state index contributed by atoms with van der Waals surface area (Å²) < 4.78 is 0. The number of benzene rings is 1. The number of nitrogens with one attached hydrogen (secondary N) is 2. The van der Waals surface area contributed by atoms with Gasteiger partial charge in [-0.05, 0) is 40.4 Å². The zero-order valence-electron chi connectivity index (χ0n) is 13.4. The van der Waals surface area contributed by atoms with E-state index in [0.29, 0.717) is 21.2 Å². The predicted octanol–water partition coefficient (Wildman–Crippen LogP) is 3.45. The molecule has 26 heavy (non-hydrogen) atoms. The summed E-state index contributed by atoms with van der Waals surface area (Å²) >= 11 is 8.80. The minimum absolute atomic E-state index is 0.126. The number of hydrogen-bond acceptors (Lipinski definition) is 5. The Kier molecular flexibility index (Phi) is 5.73. The molecule has 0 aliphatic rings. The topological polar surface area (TPSA) is 78.4 Å². The molecule has 1 aromatic carbocycles. The maximum Gasteiger partial charge on any atom is 0.313 e. The van der Waals surface area contributed by atoms with Crippen LogP contribution in [0.2, 0.25) is 5.02 Å². The van der Waals surface area contributed by atoms with E-state index in [1.807, 2.05) is 22.2 Å². The number of thiophene rings is 2. The lowest BCUT2D eigenvalue weighted by Crippen LogP contribution is -2.44. The van der Waals surface area contributed by atoms with E-state index in [4.69, 9.17) is 11.6 Å². The largest absolute Gasteiger partial charge is 0.378 e. The van der Waals surface area contributed by atoms with E-state index >= 15 is 0 Å². The maximum atomic E-state index is 12.2. The summed E-state index contributed by atoms with van der Waals surface area (Å²) in [7, 11) is 0. The molecule has 0 aliphatic carbocycles. The summed E-state index contributed by atoms with van der Waals surface area (Å²) in [5, 5.41) is 22.0. The van der Waals surface area contributed by atoms with Gasteiger partial charge in [-0.2, -0.15) is 11.3 Å². The minimum atomic E-state index is -1.39. The molecule has 134 valence electrons. The third-order valence-corrected chi connectivity index (χ3v) is 5.79. The average Bonchev–Trinajstić information content (AvgIpc) is 3.35. The van der Waals surface area contributed by atoms with E-state index in [9.17, 15) is 14.7 Å². The van der Waals surface area contributed by atoms with Crippen LogP contribution < -0.4 is 10.6 Å². The lowest BCUT2D eigenvalue weighted by molar-refractivity contribution is -0.136. The molecular formula is C18H15ClN2O3S2. The highest BCUT2D eigenvalue weighted by molar-refractivity contribution is 7.10. The number of aliphatic hydroxyl groups is 1. The van der Waals surface area contributed by atoms with Crippen LogP contribution in [0.4, 0.5) is 5.69 Å². The number of para-hydroxylation sites is 1. The quantitative estimate of drug-likeness (QED) is 0.568. The molecule has 3 N–H and O–H groups in total. The van der Waals surface area contributed by atoms with Gasteiger partial charge in [-0.3, -0.25) is 9.59 Å². The fourth-order valence-electron chi connectivity index (χ4n) is 2.38. The summed E-state index contributed by atoms with van der Waals surface area (Å²) in [6.07, 6.45) is 0. The first kappa shape index (κ1) is 18.6. The molecule has 3 aromatic rings. The maximum absolute atomic E-state index is 12.2. The van der Waals surface area contributed by atoms with Crippen molar-refractivity contribution in [2.24, 2.45) is 0 Å². The first-order valence-electron chi connectivity index (χ1n) is 7.63. The van der Waals surface area contributed by atoms with Crippen LogP contribution in [-0.4, -0.2) is 23.5 Å². The highest BCUT2D eigenvalue weighted by Crippen LogP contribution is 2.33. The first-order valence-corrected chi connectivity index (χ1v) is 9.83. The van der Waals surface area contributed by atoms with Gasteiger partial charge in [0, 0.05) is 10.4 Å². The number of anilines is 1. The van der Waals surface area contributed by atoms with Crippen LogP contribution in [0.3, 0.4) is 0 Å². The molecule has 1 unspecified atom stereocenters. The second-order valence-corrected chi connectivity index (χ2v) is 7.60. The third kappa shape index (κ3) is 3.96. The number of amides is 2. The van der Waals surface area contributed by atoms with Crippen molar-refractivity contribution in [2.45, 2.75) is 5.60 Å². The fraction of sp³-hybridized carbons (Fsp3) is 0.111. The van der Waals surface area contributed by atoms with E-state index in [-0.39, 0.29) is 6.54 Å². The lowest BCUT2D eigenvalue weighted by Gasteiger charge is -2.26. The van der Waals surface area contributed by atoms with E-state index < -0.39 is 17.4 Å². The van der Waals surface area contributed by atoms with Crippen molar-refractivity contribution in [3.63, 3.8) is 0 Å². The van der Waals surface area contributed by atoms with Gasteiger partial charge in [0.2, 0.25) is 0 Å². The fourth-order valence-corrected chi connectivity index (χ4v) is 4.13. The molecule has 2 amide bonds. The molecule has 0 bridgehead atoms. The molecule has 0 saturated carbocycles. The highest BCUT2D eigenvalue weighted by Gasteiger charge is 2.34. The van der Waals surface area contributed by atoms with Crippen LogP contribution >= 0.6 is 34.3 Å². The number of hydrogen-bond donors (Lipinski definition) is 3. The molecule has 8 heteroatoms. The van der Waals surface area contributed by atoms with Gasteiger partial charge in [0.25, 0.3) is 0 Å². The predicted molar refractivity (Wildman–Crippen MR) is 105 cm³/mol. The average molecular weight is 407 g/mol. The van der Waals surface area contributed by atoms with Gasteiger partial charge in [0.15, 0.2) is 0 Å². The summed E-state index contributed by atoms with van der Waals surface area (Å²) in [5.41, 5.74) is -0.383. The molecule has 0 aliphatic heterocycles. The Morgan fingerprint density at radius 1 is 1.08 bits per heavy atom. The van der Waals surface area contributed by atoms with Gasteiger partial charge in [-0.1, -0.05) is 29.8 Å². The molecule has 1 atom stereocenters. The Labute approximate surface area is 163 Å². The van der Waals surface area contributed by atoms with Crippen LogP contribution in [0.1, 0.15) is 10.4 Å². The zero-order chi connectivity index (χ0) is 18.6. The van der Waals surface area contributed by atoms with Gasteiger partial charge in [-0.15, -0.1) is 11.3 Å². The normalized spacial score (nSPS) is 13.0. The zero-order valence-corrected chi connectivity index (χ0v) is 15.8. The molecule has 0 saturated heterocycles. The third-order valence-electron chi connectivity index (χ3n) is 3.76. The monoisotopic (exact) mass is 406 g/mol. The standard InChI is InChI=1S/C18H15ClN2O3S2/c19-13-4-1-2-5-14(13)21-17(23)16(22)20-11-18(24,12-7-9-25-10-12)15-6-3-8-26-15/h1-10,24H,11H2,(H,20,22)(H,21,23). The van der Waals surface area contributed by atoms with Crippen LogP contribution in [0.25, 0.3) is 0 Å². The SMILES string of the molecule is O=C(NCC(O)(c1ccsc1)c1cccs1)C(=O)Nc1ccccc1Cl. The van der Waals surface area contributed by atoms with Crippen LogP contribution in [-0.2, 0) is 15.2 Å². The van der Waals surface area contributed by atoms with Crippen molar-refractivity contribution in [1.82, 2.24) is 5.32 Å². The number of carbonyl (C=O) groups is 2. The van der Waals surface area contributed by atoms with Crippen molar-refractivity contribution < 1.29 is 14.7 Å². The first-order chi connectivity index (χ1) is 12.5. The van der Waals surface area contributed by atoms with Crippen LogP contribution in [0.15, 0.2) is 58.6 Å². The van der Waals surface area contributed by atoms with Crippen molar-refractivity contribution in [1.29, 1.82) is 0 Å². The Balaban J connectivity index is 1.70. The Morgan fingerprint density at radius 3 is 2.54 bits per heavy atom. The van der Waals surface area contributed by atoms with Crippen molar-refractivity contribution in [3.8, 4) is 0 Å². The number of rotatable bonds is 5. The molecule has 2 aromatic heterocycles. The Hall–Kier alpha value is -2.19. The molecule has 0 radical (unpaired) electrons. The molecule has 2 heterocycles. The second kappa shape index (κ2) is 8.01. The van der Waals surface area contributed by atoms with Gasteiger partial charge in [0.1, 0.15) is 5.60 Å². The minimum Gasteiger partial charge on any atom is -0.378 e. The summed E-state index contributed by atoms with van der Waals surface area (Å²) in [6.45, 7) is -0.126. The van der Waals surface area contributed by atoms with Gasteiger partial charge >= 0.3 is 11.8 Å². The highest BCUT2D eigenvalue weighted by atomic mass is 35.5. The number of halogens is 1. The molecule has 5 nitrogen and oxygen atoms in total. The Bertz CT molecular complexity index is 861. The smallest absolute Gasteiger partial charge is 0.313 e. The molecular weight excluding hydrogens is 392 g/mol. The molecule has 0 fully saturated rings. The molecule has 0 spiro atoms. The van der Waals surface area contributed by atoms with Gasteiger partial charge in [-0.25, -0.2) is 0 Å². The van der Waals surface area contributed by atoms with Crippen LogP contribution in [0.5, 0.6) is 0 Å². The second-order valence-electron chi connectivity index (χ2n) is 5.47. The summed E-state index contributed by atoms with van der Waals surface area (Å²) in [4.78, 5) is 25.0. The number of carbonyl (C=O) groups excluding carboxylic acids is 2. The van der Waals surface area contributed by atoms with E-state index in [2.05, 4.69) is 10.6 Å². The van der Waals surface area contributed by atoms with Gasteiger partial charge in [0.05, 0.1) is 17.3 Å². The lowest BCUT2D eigenvalue weighted by atomic mass is 9.94. The molecule has 3 rings (SSSR count).